The Kier molecular flexibility index (Phi) is 7.23. The normalized spacial score (nSPS) is 26.2. The summed E-state index contributed by atoms with van der Waals surface area (Å²) in [6.07, 6.45) is 3.66. The molecule has 10 nitrogen and oxygen atoms in total. The summed E-state index contributed by atoms with van der Waals surface area (Å²) in [5.41, 5.74) is 2.34. The van der Waals surface area contributed by atoms with E-state index in [1.807, 2.05) is 6.07 Å². The summed E-state index contributed by atoms with van der Waals surface area (Å²) < 4.78 is 63.8. The first kappa shape index (κ1) is 24.7. The maximum absolute atomic E-state index is 13.3. The Hall–Kier alpha value is -1.44. The highest BCUT2D eigenvalue weighted by Crippen LogP contribution is 2.48. The molecule has 0 radical (unpaired) electrons. The van der Waals surface area contributed by atoms with Crippen LogP contribution in [0.25, 0.3) is 0 Å². The van der Waals surface area contributed by atoms with Gasteiger partial charge in [0.1, 0.15) is 0 Å². The van der Waals surface area contributed by atoms with Crippen molar-refractivity contribution >= 4 is 20.2 Å². The standard InChI is InChI=1S/C21H34N4O6S2/c1-30-19-7-6-15-8-11-24-14-16-5-3-10-25(17(16)13-18(24)20(15)21(19)31-2)32(26,27)12-4-9-23-33(22,28)29/h6-7,16-18,23H,3-5,8-14H2,1-2H3,(H2,22,28,29)/t16-,17+,18+/m1/s1. The molecule has 4 rings (SSSR count). The summed E-state index contributed by atoms with van der Waals surface area (Å²) in [6, 6.07) is 4.01. The number of hydrogen-bond acceptors (Lipinski definition) is 7. The molecule has 0 aromatic heterocycles. The van der Waals surface area contributed by atoms with Crippen molar-refractivity contribution in [3.05, 3.63) is 23.3 Å². The third-order valence-corrected chi connectivity index (χ3v) is 9.74. The maximum Gasteiger partial charge on any atom is 0.274 e. The van der Waals surface area contributed by atoms with Gasteiger partial charge < -0.3 is 9.47 Å². The largest absolute Gasteiger partial charge is 0.493 e. The van der Waals surface area contributed by atoms with Gasteiger partial charge in [-0.25, -0.2) is 18.3 Å². The molecule has 3 heterocycles. The monoisotopic (exact) mass is 502 g/mol. The van der Waals surface area contributed by atoms with Gasteiger partial charge in [0.15, 0.2) is 11.5 Å². The van der Waals surface area contributed by atoms with Crippen molar-refractivity contribution in [3.8, 4) is 11.5 Å². The van der Waals surface area contributed by atoms with E-state index in [1.54, 1.807) is 18.5 Å². The summed E-state index contributed by atoms with van der Waals surface area (Å²) >= 11 is 0. The Morgan fingerprint density at radius 3 is 2.64 bits per heavy atom. The number of ether oxygens (including phenoxy) is 2. The molecule has 0 saturated carbocycles. The lowest BCUT2D eigenvalue weighted by Gasteiger charge is -2.52. The zero-order chi connectivity index (χ0) is 23.8. The maximum atomic E-state index is 13.3. The molecule has 2 saturated heterocycles. The Morgan fingerprint density at radius 2 is 1.94 bits per heavy atom. The summed E-state index contributed by atoms with van der Waals surface area (Å²) in [5, 5.41) is 4.94. The number of hydrogen-bond donors (Lipinski definition) is 2. The van der Waals surface area contributed by atoms with Crippen molar-refractivity contribution in [1.29, 1.82) is 0 Å². The lowest BCUT2D eigenvalue weighted by molar-refractivity contribution is 0.0209. The average molecular weight is 503 g/mol. The second kappa shape index (κ2) is 9.67. The van der Waals surface area contributed by atoms with Crippen LogP contribution in [0.3, 0.4) is 0 Å². The second-order valence-electron chi connectivity index (χ2n) is 9.06. The predicted octanol–water partition coefficient (Wildman–Crippen LogP) is 0.600. The van der Waals surface area contributed by atoms with Gasteiger partial charge in [0.2, 0.25) is 10.0 Å². The molecule has 186 valence electrons. The van der Waals surface area contributed by atoms with Gasteiger partial charge in [-0.05, 0) is 49.7 Å². The lowest BCUT2D eigenvalue weighted by atomic mass is 9.77. The number of piperidine rings is 2. The molecule has 0 aliphatic carbocycles. The highest BCUT2D eigenvalue weighted by molar-refractivity contribution is 7.89. The minimum Gasteiger partial charge on any atom is -0.493 e. The van der Waals surface area contributed by atoms with Gasteiger partial charge >= 0.3 is 0 Å². The molecule has 3 N–H and O–H groups in total. The molecule has 2 fully saturated rings. The van der Waals surface area contributed by atoms with Crippen molar-refractivity contribution < 1.29 is 26.3 Å². The number of methoxy groups -OCH3 is 2. The van der Waals surface area contributed by atoms with Crippen molar-refractivity contribution in [3.63, 3.8) is 0 Å². The van der Waals surface area contributed by atoms with Crippen LogP contribution in [0, 0.1) is 5.92 Å². The fourth-order valence-electron chi connectivity index (χ4n) is 5.75. The zero-order valence-corrected chi connectivity index (χ0v) is 20.8. The zero-order valence-electron chi connectivity index (χ0n) is 19.2. The molecule has 33 heavy (non-hydrogen) atoms. The lowest BCUT2D eigenvalue weighted by Crippen LogP contribution is -2.57. The molecule has 0 amide bonds. The third kappa shape index (κ3) is 5.15. The molecular weight excluding hydrogens is 468 g/mol. The number of sulfonamides is 1. The Bertz CT molecular complexity index is 1080. The van der Waals surface area contributed by atoms with Crippen molar-refractivity contribution in [2.75, 3.05) is 46.2 Å². The van der Waals surface area contributed by atoms with E-state index in [-0.39, 0.29) is 36.7 Å². The molecule has 3 aliphatic heterocycles. The van der Waals surface area contributed by atoms with Gasteiger partial charge in [-0.2, -0.15) is 12.7 Å². The van der Waals surface area contributed by atoms with Crippen molar-refractivity contribution in [2.45, 2.75) is 44.2 Å². The van der Waals surface area contributed by atoms with Crippen LogP contribution in [0.15, 0.2) is 12.1 Å². The summed E-state index contributed by atoms with van der Waals surface area (Å²) in [6.45, 7) is 2.30. The Balaban J connectivity index is 1.57. The Morgan fingerprint density at radius 1 is 1.15 bits per heavy atom. The van der Waals surface area contributed by atoms with Gasteiger partial charge in [0.05, 0.1) is 20.0 Å². The van der Waals surface area contributed by atoms with E-state index in [2.05, 4.69) is 15.7 Å². The predicted molar refractivity (Wildman–Crippen MR) is 125 cm³/mol. The van der Waals surface area contributed by atoms with Gasteiger partial charge in [-0.15, -0.1) is 0 Å². The van der Waals surface area contributed by atoms with E-state index in [4.69, 9.17) is 14.6 Å². The van der Waals surface area contributed by atoms with E-state index < -0.39 is 20.2 Å². The Labute approximate surface area is 196 Å². The van der Waals surface area contributed by atoms with Gasteiger partial charge in [-0.3, -0.25) is 4.90 Å². The van der Waals surface area contributed by atoms with Crippen LogP contribution in [0.2, 0.25) is 0 Å². The van der Waals surface area contributed by atoms with Gasteiger partial charge in [0.25, 0.3) is 10.2 Å². The van der Waals surface area contributed by atoms with Crippen LogP contribution < -0.4 is 19.3 Å². The van der Waals surface area contributed by atoms with Crippen LogP contribution in [-0.4, -0.2) is 78.2 Å². The molecule has 0 bridgehead atoms. The summed E-state index contributed by atoms with van der Waals surface area (Å²) in [4.78, 5) is 2.47. The van der Waals surface area contributed by atoms with E-state index in [9.17, 15) is 16.8 Å². The fourth-order valence-corrected chi connectivity index (χ4v) is 8.00. The van der Waals surface area contributed by atoms with Crippen LogP contribution in [0.4, 0.5) is 0 Å². The first-order valence-electron chi connectivity index (χ1n) is 11.4. The summed E-state index contributed by atoms with van der Waals surface area (Å²) in [5.74, 6) is 1.60. The SMILES string of the molecule is COc1ccc2c(c1OC)[C@@H]1C[C@H]3[C@H](CCCN3S(=O)(=O)CCCNS(N)(=O)=O)CN1CC2. The first-order valence-corrected chi connectivity index (χ1v) is 14.5. The molecule has 0 spiro atoms. The molecule has 1 aromatic carbocycles. The number of nitrogens with one attached hydrogen (secondary N) is 1. The molecule has 0 unspecified atom stereocenters. The summed E-state index contributed by atoms with van der Waals surface area (Å²) in [7, 11) is -4.08. The second-order valence-corrected chi connectivity index (χ2v) is 12.5. The molecule has 1 aromatic rings. The molecule has 3 aliphatic rings. The average Bonchev–Trinajstić information content (AvgIpc) is 2.78. The first-order chi connectivity index (χ1) is 15.6. The third-order valence-electron chi connectivity index (χ3n) is 7.16. The van der Waals surface area contributed by atoms with Crippen LogP contribution in [0.1, 0.15) is 42.9 Å². The minimum atomic E-state index is -3.83. The van der Waals surface area contributed by atoms with Crippen LogP contribution >= 0.6 is 0 Å². The molecule has 12 heteroatoms. The smallest absolute Gasteiger partial charge is 0.274 e. The van der Waals surface area contributed by atoms with Crippen molar-refractivity contribution in [1.82, 2.24) is 13.9 Å². The quantitative estimate of drug-likeness (QED) is 0.498. The van der Waals surface area contributed by atoms with Gasteiger partial charge in [-0.1, -0.05) is 6.07 Å². The van der Waals surface area contributed by atoms with Crippen LogP contribution in [0.5, 0.6) is 11.5 Å². The number of benzene rings is 1. The van der Waals surface area contributed by atoms with E-state index >= 15 is 0 Å². The van der Waals surface area contributed by atoms with Gasteiger partial charge in [0, 0.05) is 43.8 Å². The van der Waals surface area contributed by atoms with E-state index in [0.717, 1.165) is 43.7 Å². The number of nitrogens with zero attached hydrogens (tertiary/aromatic N) is 2. The number of nitrogens with two attached hydrogens (primary N) is 1. The molecular formula is C21H34N4O6S2. The number of fused-ring (bicyclic) bond motifs is 4. The number of rotatable bonds is 8. The minimum absolute atomic E-state index is 0.000764. The fraction of sp³-hybridized carbons (Fsp3) is 0.714. The molecule has 3 atom stereocenters. The highest BCUT2D eigenvalue weighted by Gasteiger charge is 2.46. The van der Waals surface area contributed by atoms with Crippen LogP contribution in [-0.2, 0) is 26.7 Å². The van der Waals surface area contributed by atoms with E-state index in [0.29, 0.717) is 18.7 Å². The highest BCUT2D eigenvalue weighted by atomic mass is 32.2. The van der Waals surface area contributed by atoms with E-state index in [1.165, 1.54) is 5.56 Å². The van der Waals surface area contributed by atoms with Crippen molar-refractivity contribution in [2.24, 2.45) is 11.1 Å². The topological polar surface area (TPSA) is 131 Å².